The third-order valence-corrected chi connectivity index (χ3v) is 10.6. The van der Waals surface area contributed by atoms with Gasteiger partial charge in [-0.15, -0.1) is 0 Å². The summed E-state index contributed by atoms with van der Waals surface area (Å²) in [6, 6.07) is 15.6. The lowest BCUT2D eigenvalue weighted by molar-refractivity contribution is -0.135. The first-order valence-corrected chi connectivity index (χ1v) is 23.1. The van der Waals surface area contributed by atoms with E-state index in [-0.39, 0.29) is 54.6 Å². The molecule has 2 aromatic carbocycles. The molecule has 0 saturated heterocycles. The second-order valence-corrected chi connectivity index (χ2v) is 16.7. The Bertz CT molecular complexity index is 3140. The summed E-state index contributed by atoms with van der Waals surface area (Å²) in [6.07, 6.45) is 2.85. The van der Waals surface area contributed by atoms with Crippen LogP contribution in [-0.4, -0.2) is 121 Å². The van der Waals surface area contributed by atoms with E-state index < -0.39 is 47.7 Å². The number of pyridine rings is 2. The fourth-order valence-electron chi connectivity index (χ4n) is 7.40. The number of hydrogen-bond acceptors (Lipinski definition) is 17. The monoisotopic (exact) mass is 1090 g/mol. The fourth-order valence-corrected chi connectivity index (χ4v) is 7.40. The highest BCUT2D eigenvalue weighted by molar-refractivity contribution is 5.96. The number of fused-ring (bicyclic) bond motifs is 10. The number of aliphatic hydroxyl groups is 1. The van der Waals surface area contributed by atoms with Gasteiger partial charge in [0.2, 0.25) is 0 Å². The number of nitriles is 2. The minimum atomic E-state index is -1.26. The van der Waals surface area contributed by atoms with E-state index in [1.165, 1.54) is 68.0 Å². The van der Waals surface area contributed by atoms with Crippen LogP contribution in [0.15, 0.2) is 73.1 Å². The van der Waals surface area contributed by atoms with Gasteiger partial charge in [0.15, 0.2) is 23.1 Å². The van der Waals surface area contributed by atoms with Gasteiger partial charge in [-0.25, -0.2) is 28.3 Å². The Hall–Kier alpha value is -10.3. The lowest BCUT2D eigenvalue weighted by Gasteiger charge is -2.23. The number of halogens is 2. The van der Waals surface area contributed by atoms with Crippen molar-refractivity contribution in [3.63, 3.8) is 0 Å². The van der Waals surface area contributed by atoms with E-state index in [4.69, 9.17) is 56.1 Å². The lowest BCUT2D eigenvalue weighted by atomic mass is 10.00. The quantitative estimate of drug-likeness (QED) is 0.105. The van der Waals surface area contributed by atoms with Gasteiger partial charge in [0.05, 0.1) is 24.5 Å². The highest BCUT2D eigenvalue weighted by atomic mass is 19.1. The Labute approximate surface area is 450 Å². The predicted octanol–water partition coefficient (Wildman–Crippen LogP) is 5.49. The normalized spacial score (nSPS) is 13.9. The van der Waals surface area contributed by atoms with Crippen LogP contribution in [0.1, 0.15) is 101 Å². The van der Waals surface area contributed by atoms with Gasteiger partial charge in [-0.2, -0.15) is 20.7 Å². The molecule has 25 nitrogen and oxygen atoms in total. The SMILES string of the molecule is CC(=O)O.CC(=O)O.CCO.C[C@H]1Oc2cc(cnc2N)-c2c(nn(C)c2C#N)CN(C)C(=O)c2ccc(F)cc21.C[C@H]1Oc2cc(cnc2N)-c2c(nn(C)c2C#N)CN(C)C(=O)c2ccc(F)cc21.O=C(O)/C=C\C(=O)O. The molecule has 0 aliphatic carbocycles. The van der Waals surface area contributed by atoms with Gasteiger partial charge in [-0.3, -0.25) is 28.5 Å². The number of carboxylic acids is 4. The van der Waals surface area contributed by atoms with Gasteiger partial charge >= 0.3 is 11.9 Å². The maximum Gasteiger partial charge on any atom is 0.328 e. The molecule has 0 radical (unpaired) electrons. The van der Waals surface area contributed by atoms with E-state index in [1.807, 2.05) is 0 Å². The molecule has 27 heteroatoms. The molecule has 6 aromatic rings. The molecule has 4 bridgehead atoms. The molecule has 0 fully saturated rings. The van der Waals surface area contributed by atoms with Crippen LogP contribution in [0.4, 0.5) is 20.4 Å². The van der Waals surface area contributed by atoms with Crippen molar-refractivity contribution in [2.75, 3.05) is 32.2 Å². The summed E-state index contributed by atoms with van der Waals surface area (Å²) in [5.74, 6) is -4.92. The summed E-state index contributed by atoms with van der Waals surface area (Å²) in [6.45, 7) is 7.81. The van der Waals surface area contributed by atoms with Gasteiger partial charge in [-0.1, -0.05) is 0 Å². The summed E-state index contributed by atoms with van der Waals surface area (Å²) in [4.78, 5) is 74.8. The molecule has 0 spiro atoms. The number of aliphatic carboxylic acids is 4. The van der Waals surface area contributed by atoms with Crippen LogP contribution in [0.25, 0.3) is 22.3 Å². The van der Waals surface area contributed by atoms with Crippen LogP contribution >= 0.6 is 0 Å². The van der Waals surface area contributed by atoms with E-state index in [1.54, 1.807) is 61.1 Å². The maximum absolute atomic E-state index is 14.0. The number of rotatable bonds is 2. The number of aliphatic hydroxyl groups excluding tert-OH is 1. The van der Waals surface area contributed by atoms with Crippen molar-refractivity contribution >= 4 is 47.3 Å². The van der Waals surface area contributed by atoms with E-state index in [0.29, 0.717) is 79.4 Å². The maximum atomic E-state index is 14.0. The average molecular weight is 1100 g/mol. The molecular weight excluding hydrogens is 1040 g/mol. The predicted molar refractivity (Wildman–Crippen MR) is 277 cm³/mol. The third-order valence-electron chi connectivity index (χ3n) is 10.6. The second-order valence-electron chi connectivity index (χ2n) is 16.7. The number of carboxylic acid groups (broad SMARTS) is 4. The Balaban J connectivity index is 0.000000314. The van der Waals surface area contributed by atoms with Crippen LogP contribution < -0.4 is 20.9 Å². The lowest BCUT2D eigenvalue weighted by Crippen LogP contribution is -2.28. The van der Waals surface area contributed by atoms with E-state index in [0.717, 1.165) is 13.8 Å². The number of hydrogen-bond donors (Lipinski definition) is 7. The number of nitrogen functional groups attached to an aromatic ring is 2. The number of aryl methyl sites for hydroxylation is 2. The largest absolute Gasteiger partial charge is 0.482 e. The number of ether oxygens (including phenoxy) is 2. The molecule has 2 amide bonds. The Kier molecular flexibility index (Phi) is 22.8. The highest BCUT2D eigenvalue weighted by Crippen LogP contribution is 2.38. The zero-order valence-corrected chi connectivity index (χ0v) is 44.1. The number of amides is 2. The van der Waals surface area contributed by atoms with Crippen molar-refractivity contribution in [1.82, 2.24) is 39.3 Å². The number of carbonyl (C=O) groups excluding carboxylic acids is 2. The van der Waals surface area contributed by atoms with Crippen LogP contribution in [0.3, 0.4) is 0 Å². The van der Waals surface area contributed by atoms with Gasteiger partial charge in [-0.05, 0) is 69.3 Å². The third kappa shape index (κ3) is 17.1. The summed E-state index contributed by atoms with van der Waals surface area (Å²) in [5.41, 5.74) is 17.4. The van der Waals surface area contributed by atoms with Crippen LogP contribution in [0, 0.1) is 34.3 Å². The Morgan fingerprint density at radius 2 is 0.987 bits per heavy atom. The van der Waals surface area contributed by atoms with Gasteiger partial charge < -0.3 is 56.3 Å². The zero-order valence-electron chi connectivity index (χ0n) is 44.1. The standard InChI is InChI=1S/2C21H19FN6O2.C4H4O4.2C2H4O2.C2H6O/c2*1-11-15-7-13(22)4-5-14(15)21(29)27(2)10-16-19(17(8-23)28(3)26-16)12-6-18(30-11)20(24)25-9-12;5-3(6)1-2-4(7)8;2*1-2(3)4;1-2-3/h2*4-7,9,11H,10H2,1-3H3,(H2,24,25);1-2H,(H,5,6)(H,7,8);2*1H3,(H,3,4);3H,2H2,1H3/b;;2-1-;;;/t2*11-;;;;/m11..../s1. The number of anilines is 2. The Morgan fingerprint density at radius 1 is 0.671 bits per heavy atom. The molecule has 8 rings (SSSR count). The van der Waals surface area contributed by atoms with Crippen molar-refractivity contribution < 1.29 is 72.6 Å². The molecule has 6 heterocycles. The first-order chi connectivity index (χ1) is 37.1. The fraction of sp³-hybridized carbons (Fsp3) is 0.269. The summed E-state index contributed by atoms with van der Waals surface area (Å²) < 4.78 is 42.8. The molecule has 4 aromatic heterocycles. The van der Waals surface area contributed by atoms with Crippen molar-refractivity contribution in [1.29, 1.82) is 10.5 Å². The summed E-state index contributed by atoms with van der Waals surface area (Å²) in [5, 5.41) is 66.2. The van der Waals surface area contributed by atoms with Crippen LogP contribution in [-0.2, 0) is 46.4 Å². The molecule has 9 N–H and O–H groups in total. The number of aromatic nitrogens is 6. The first kappa shape index (κ1) is 63.0. The number of benzene rings is 2. The average Bonchev–Trinajstić information content (AvgIpc) is 3.87. The van der Waals surface area contributed by atoms with Gasteiger partial charge in [0.1, 0.15) is 47.4 Å². The molecule has 0 saturated carbocycles. The van der Waals surface area contributed by atoms with E-state index >= 15 is 0 Å². The van der Waals surface area contributed by atoms with Gasteiger partial charge in [0.25, 0.3) is 23.8 Å². The first-order valence-electron chi connectivity index (χ1n) is 23.1. The molecule has 416 valence electrons. The Morgan fingerprint density at radius 3 is 1.28 bits per heavy atom. The second kappa shape index (κ2) is 28.6. The summed E-state index contributed by atoms with van der Waals surface area (Å²) >= 11 is 0. The van der Waals surface area contributed by atoms with Crippen molar-refractivity contribution in [3.05, 3.63) is 130 Å². The van der Waals surface area contributed by atoms with E-state index in [9.17, 15) is 38.5 Å². The van der Waals surface area contributed by atoms with Crippen molar-refractivity contribution in [2.45, 2.75) is 59.9 Å². The van der Waals surface area contributed by atoms with Crippen molar-refractivity contribution in [2.24, 2.45) is 14.1 Å². The minimum Gasteiger partial charge on any atom is -0.482 e. The van der Waals surface area contributed by atoms with Crippen LogP contribution in [0.2, 0.25) is 0 Å². The molecule has 2 atom stereocenters. The van der Waals surface area contributed by atoms with Gasteiger partial charge in [0, 0.05) is 118 Å². The zero-order chi connectivity index (χ0) is 59.6. The number of nitrogens with two attached hydrogens (primary N) is 2. The molecule has 79 heavy (non-hydrogen) atoms. The highest BCUT2D eigenvalue weighted by Gasteiger charge is 2.29. The summed E-state index contributed by atoms with van der Waals surface area (Å²) in [7, 11) is 6.58. The molecule has 2 aliphatic rings. The number of carbonyl (C=O) groups is 6. The smallest absolute Gasteiger partial charge is 0.328 e. The molecule has 0 unspecified atom stereocenters. The topological polar surface area (TPSA) is 390 Å². The number of nitrogens with zero attached hydrogens (tertiary/aromatic N) is 10. The van der Waals surface area contributed by atoms with Crippen molar-refractivity contribution in [3.8, 4) is 45.9 Å². The molecular formula is C52H56F2N12O13. The van der Waals surface area contributed by atoms with E-state index in [2.05, 4.69) is 32.3 Å². The van der Waals surface area contributed by atoms with Crippen LogP contribution in [0.5, 0.6) is 11.5 Å². The molecule has 2 aliphatic heterocycles. The minimum absolute atomic E-state index is 0.146.